The second kappa shape index (κ2) is 9.12. The molecule has 6 rings (SSSR count). The summed E-state index contributed by atoms with van der Waals surface area (Å²) in [5.41, 5.74) is 3.22. The Bertz CT molecular complexity index is 1530. The van der Waals surface area contributed by atoms with Crippen molar-refractivity contribution in [2.75, 3.05) is 36.4 Å². The number of aryl methyl sites for hydroxylation is 1. The largest absolute Gasteiger partial charge is 0.368 e. The van der Waals surface area contributed by atoms with Gasteiger partial charge in [-0.15, -0.1) is 0 Å². The third-order valence-corrected chi connectivity index (χ3v) is 7.21. The first-order chi connectivity index (χ1) is 18.2. The van der Waals surface area contributed by atoms with E-state index in [1.807, 2.05) is 18.3 Å². The van der Waals surface area contributed by atoms with Crippen LogP contribution in [0.15, 0.2) is 35.0 Å². The van der Waals surface area contributed by atoms with Crippen LogP contribution in [0.5, 0.6) is 0 Å². The maximum Gasteiger partial charge on any atom is 0.274 e. The molecule has 1 aliphatic carbocycles. The number of aromatic nitrogens is 4. The molecule has 4 heterocycles. The number of benzene rings is 1. The number of anilines is 2. The summed E-state index contributed by atoms with van der Waals surface area (Å²) >= 11 is 0. The first-order valence-corrected chi connectivity index (χ1v) is 12.5. The number of piperazine rings is 1. The molecule has 38 heavy (non-hydrogen) atoms. The van der Waals surface area contributed by atoms with Crippen molar-refractivity contribution >= 4 is 22.9 Å². The normalized spacial score (nSPS) is 17.6. The minimum Gasteiger partial charge on any atom is -0.368 e. The average Bonchev–Trinajstić information content (AvgIpc) is 3.49. The van der Waals surface area contributed by atoms with Gasteiger partial charge in [0.05, 0.1) is 11.4 Å². The number of rotatable bonds is 5. The Morgan fingerprint density at radius 2 is 1.92 bits per heavy atom. The highest BCUT2D eigenvalue weighted by Crippen LogP contribution is 2.48. The second-order valence-electron chi connectivity index (χ2n) is 9.90. The third kappa shape index (κ3) is 4.38. The highest BCUT2D eigenvalue weighted by atomic mass is 19.3. The van der Waals surface area contributed by atoms with Crippen LogP contribution in [0.2, 0.25) is 0 Å². The van der Waals surface area contributed by atoms with Gasteiger partial charge in [-0.2, -0.15) is 4.98 Å². The minimum atomic E-state index is -2.73. The van der Waals surface area contributed by atoms with Crippen LogP contribution in [0.3, 0.4) is 0 Å². The topological polar surface area (TPSA) is 101 Å². The number of hydrogen-bond acceptors (Lipinski definition) is 7. The van der Waals surface area contributed by atoms with Gasteiger partial charge in [0.15, 0.2) is 0 Å². The molecule has 0 bridgehead atoms. The molecule has 0 radical (unpaired) electrons. The number of amides is 1. The molecule has 4 aromatic rings. The summed E-state index contributed by atoms with van der Waals surface area (Å²) in [7, 11) is 0. The van der Waals surface area contributed by atoms with Crippen molar-refractivity contribution in [3.8, 4) is 11.4 Å². The summed E-state index contributed by atoms with van der Waals surface area (Å²) in [6.07, 6.45) is 1.19. The van der Waals surface area contributed by atoms with Gasteiger partial charge in [0.2, 0.25) is 17.6 Å². The summed E-state index contributed by atoms with van der Waals surface area (Å²) in [5.74, 6) is -4.11. The summed E-state index contributed by atoms with van der Waals surface area (Å²) in [6, 6.07) is 6.64. The maximum absolute atomic E-state index is 14.9. The zero-order valence-electron chi connectivity index (χ0n) is 20.9. The van der Waals surface area contributed by atoms with Crippen molar-refractivity contribution in [2.24, 2.45) is 0 Å². The molecule has 3 aromatic heterocycles. The standard InChI is InChI=1S/C26H26F3N7O2/c1-14-19(27)9-16(23-33-25(38-34-23)17-11-26(28,29)12-17)10-20(14)32-24(37)22-15(2)31-21-4-3-18(13-36(21)22)35-7-5-30-6-8-35/h3-4,9-10,13,17,30H,5-8,11-12H2,1-2H3,(H,32,37). The molecule has 1 saturated carbocycles. The zero-order chi connectivity index (χ0) is 26.6. The second-order valence-corrected chi connectivity index (χ2v) is 9.90. The summed E-state index contributed by atoms with van der Waals surface area (Å²) in [4.78, 5) is 24.4. The van der Waals surface area contributed by atoms with E-state index < -0.39 is 23.6 Å². The Morgan fingerprint density at radius 1 is 1.16 bits per heavy atom. The van der Waals surface area contributed by atoms with E-state index in [1.54, 1.807) is 24.3 Å². The van der Waals surface area contributed by atoms with Crippen LogP contribution < -0.4 is 15.5 Å². The van der Waals surface area contributed by atoms with Gasteiger partial charge in [0.1, 0.15) is 17.2 Å². The fourth-order valence-electron chi connectivity index (χ4n) is 5.01. The van der Waals surface area contributed by atoms with Gasteiger partial charge in [0, 0.05) is 67.9 Å². The van der Waals surface area contributed by atoms with E-state index in [1.165, 1.54) is 6.07 Å². The molecule has 198 valence electrons. The van der Waals surface area contributed by atoms with Crippen molar-refractivity contribution < 1.29 is 22.5 Å². The predicted molar refractivity (Wildman–Crippen MR) is 134 cm³/mol. The van der Waals surface area contributed by atoms with Crippen molar-refractivity contribution in [3.63, 3.8) is 0 Å². The number of nitrogens with zero attached hydrogens (tertiary/aromatic N) is 5. The average molecular weight is 526 g/mol. The van der Waals surface area contributed by atoms with Gasteiger partial charge in [-0.05, 0) is 38.1 Å². The lowest BCUT2D eigenvalue weighted by Gasteiger charge is -2.31. The number of pyridine rings is 1. The van der Waals surface area contributed by atoms with Gasteiger partial charge < -0.3 is 20.1 Å². The van der Waals surface area contributed by atoms with Crippen LogP contribution in [-0.2, 0) is 0 Å². The van der Waals surface area contributed by atoms with Gasteiger partial charge in [-0.3, -0.25) is 9.20 Å². The molecular formula is C26H26F3N7O2. The third-order valence-electron chi connectivity index (χ3n) is 7.21. The molecule has 0 spiro atoms. The molecule has 1 saturated heterocycles. The number of hydrogen-bond donors (Lipinski definition) is 2. The van der Waals surface area contributed by atoms with Crippen molar-refractivity contribution in [3.05, 3.63) is 59.1 Å². The Labute approximate surface area is 216 Å². The van der Waals surface area contributed by atoms with Crippen LogP contribution in [0.4, 0.5) is 24.5 Å². The number of fused-ring (bicyclic) bond motifs is 1. The summed E-state index contributed by atoms with van der Waals surface area (Å²) < 4.78 is 48.3. The maximum atomic E-state index is 14.9. The van der Waals surface area contributed by atoms with Crippen LogP contribution >= 0.6 is 0 Å². The molecular weight excluding hydrogens is 499 g/mol. The molecule has 1 aromatic carbocycles. The smallest absolute Gasteiger partial charge is 0.274 e. The Balaban J connectivity index is 1.29. The van der Waals surface area contributed by atoms with Gasteiger partial charge in [-0.25, -0.2) is 18.2 Å². The Kier molecular flexibility index (Phi) is 5.86. The van der Waals surface area contributed by atoms with E-state index in [4.69, 9.17) is 4.52 Å². The number of halogens is 3. The Morgan fingerprint density at radius 3 is 2.66 bits per heavy atom. The molecule has 9 nitrogen and oxygen atoms in total. The van der Waals surface area contributed by atoms with Gasteiger partial charge in [-0.1, -0.05) is 5.16 Å². The highest BCUT2D eigenvalue weighted by Gasteiger charge is 2.48. The lowest BCUT2D eigenvalue weighted by molar-refractivity contribution is -0.0925. The van der Waals surface area contributed by atoms with Gasteiger partial charge >= 0.3 is 0 Å². The van der Waals surface area contributed by atoms with E-state index in [9.17, 15) is 18.0 Å². The van der Waals surface area contributed by atoms with E-state index in [0.29, 0.717) is 17.0 Å². The summed E-state index contributed by atoms with van der Waals surface area (Å²) in [5, 5.41) is 9.99. The number of nitrogens with one attached hydrogen (secondary N) is 2. The van der Waals surface area contributed by atoms with Crippen LogP contribution in [0, 0.1) is 19.7 Å². The number of carbonyl (C=O) groups is 1. The van der Waals surface area contributed by atoms with Crippen molar-refractivity contribution in [2.45, 2.75) is 38.5 Å². The van der Waals surface area contributed by atoms with Crippen LogP contribution in [-0.4, -0.2) is 57.5 Å². The van der Waals surface area contributed by atoms with Crippen molar-refractivity contribution in [1.82, 2.24) is 24.8 Å². The molecule has 12 heteroatoms. The number of alkyl halides is 2. The molecule has 2 aliphatic rings. The monoisotopic (exact) mass is 525 g/mol. The highest BCUT2D eigenvalue weighted by molar-refractivity contribution is 6.05. The quantitative estimate of drug-likeness (QED) is 0.400. The Hall–Kier alpha value is -3.93. The molecule has 1 amide bonds. The number of carbonyl (C=O) groups excluding carboxylic acids is 1. The van der Waals surface area contributed by atoms with E-state index >= 15 is 0 Å². The molecule has 0 atom stereocenters. The fourth-order valence-corrected chi connectivity index (χ4v) is 5.01. The van der Waals surface area contributed by atoms with Crippen LogP contribution in [0.1, 0.15) is 46.4 Å². The zero-order valence-corrected chi connectivity index (χ0v) is 20.9. The van der Waals surface area contributed by atoms with E-state index in [2.05, 4.69) is 30.7 Å². The first-order valence-electron chi connectivity index (χ1n) is 12.5. The molecule has 2 N–H and O–H groups in total. The lowest BCUT2D eigenvalue weighted by atomic mass is 9.81. The van der Waals surface area contributed by atoms with E-state index in [0.717, 1.165) is 31.9 Å². The fraction of sp³-hybridized carbons (Fsp3) is 0.385. The molecule has 1 aliphatic heterocycles. The van der Waals surface area contributed by atoms with E-state index in [-0.39, 0.29) is 41.4 Å². The number of imidazole rings is 1. The van der Waals surface area contributed by atoms with Crippen molar-refractivity contribution in [1.29, 1.82) is 0 Å². The minimum absolute atomic E-state index is 0.0660. The predicted octanol–water partition coefficient (Wildman–Crippen LogP) is 4.31. The molecule has 2 fully saturated rings. The van der Waals surface area contributed by atoms with Gasteiger partial charge in [0.25, 0.3) is 5.91 Å². The SMILES string of the molecule is Cc1nc2ccc(N3CCNCC3)cn2c1C(=O)Nc1cc(-c2noc(C3CC(F)(F)C3)n2)cc(F)c1C. The lowest BCUT2D eigenvalue weighted by Crippen LogP contribution is -2.43. The first kappa shape index (κ1) is 24.4. The molecule has 0 unspecified atom stereocenters. The summed E-state index contributed by atoms with van der Waals surface area (Å²) in [6.45, 7) is 6.77. The van der Waals surface area contributed by atoms with Crippen LogP contribution in [0.25, 0.3) is 17.0 Å².